The van der Waals surface area contributed by atoms with Gasteiger partial charge in [0.1, 0.15) is 11.6 Å². The van der Waals surface area contributed by atoms with E-state index in [1.807, 2.05) is 18.2 Å². The van der Waals surface area contributed by atoms with Crippen molar-refractivity contribution in [2.75, 3.05) is 49.2 Å². The van der Waals surface area contributed by atoms with Gasteiger partial charge in [-0.15, -0.1) is 0 Å². The highest BCUT2D eigenvalue weighted by Gasteiger charge is 2.30. The van der Waals surface area contributed by atoms with Gasteiger partial charge in [0.15, 0.2) is 0 Å². The number of hydrogen-bond acceptors (Lipinski definition) is 7. The minimum Gasteiger partial charge on any atom is -0.395 e. The number of hydrogen-bond donors (Lipinski definition) is 3. The number of anilines is 3. The number of nitrogens with two attached hydrogens (primary N) is 2. The Morgan fingerprint density at radius 2 is 2.00 bits per heavy atom. The third-order valence-electron chi connectivity index (χ3n) is 4.22. The van der Waals surface area contributed by atoms with Crippen molar-refractivity contribution in [3.63, 3.8) is 0 Å². The summed E-state index contributed by atoms with van der Waals surface area (Å²) in [4.78, 5) is 12.7. The largest absolute Gasteiger partial charge is 0.395 e. The number of aliphatic hydroxyl groups excluding tert-OH is 1. The standard InChI is InChI=1S/C16H21BrN6O/c17-12-4-2-1-3-11(12)13-10-23(6-5-22(13)7-8-24)15-9-14(18)20-16(19)21-15/h1-4,9,13,24H,5-8,10H2,(H4,18,19,20,21)/t13-/m0/s1. The molecular weight excluding hydrogens is 372 g/mol. The zero-order valence-corrected chi connectivity index (χ0v) is 14.9. The second kappa shape index (κ2) is 7.33. The highest BCUT2D eigenvalue weighted by atomic mass is 79.9. The lowest BCUT2D eigenvalue weighted by atomic mass is 10.0. The summed E-state index contributed by atoms with van der Waals surface area (Å²) in [7, 11) is 0. The molecule has 1 aromatic heterocycles. The third kappa shape index (κ3) is 3.61. The molecule has 0 unspecified atom stereocenters. The number of aromatic nitrogens is 2. The normalized spacial score (nSPS) is 18.8. The molecule has 0 radical (unpaired) electrons. The van der Waals surface area contributed by atoms with Crippen LogP contribution in [0.25, 0.3) is 0 Å². The van der Waals surface area contributed by atoms with Gasteiger partial charge in [0.05, 0.1) is 12.6 Å². The summed E-state index contributed by atoms with van der Waals surface area (Å²) >= 11 is 3.64. The van der Waals surface area contributed by atoms with Crippen LogP contribution in [0.3, 0.4) is 0 Å². The summed E-state index contributed by atoms with van der Waals surface area (Å²) in [5.74, 6) is 1.29. The quantitative estimate of drug-likeness (QED) is 0.718. The van der Waals surface area contributed by atoms with Crippen LogP contribution in [-0.2, 0) is 0 Å². The van der Waals surface area contributed by atoms with Gasteiger partial charge < -0.3 is 21.5 Å². The van der Waals surface area contributed by atoms with Gasteiger partial charge in [-0.25, -0.2) is 0 Å². The van der Waals surface area contributed by atoms with E-state index in [2.05, 4.69) is 41.8 Å². The molecule has 0 amide bonds. The minimum atomic E-state index is 0.133. The maximum atomic E-state index is 9.39. The van der Waals surface area contributed by atoms with Crippen LogP contribution in [0, 0.1) is 0 Å². The smallest absolute Gasteiger partial charge is 0.223 e. The molecule has 0 aliphatic carbocycles. The van der Waals surface area contributed by atoms with Crippen LogP contribution in [0.1, 0.15) is 11.6 Å². The number of benzene rings is 1. The maximum Gasteiger partial charge on any atom is 0.223 e. The molecule has 1 aliphatic rings. The number of aliphatic hydroxyl groups is 1. The number of halogens is 1. The molecule has 24 heavy (non-hydrogen) atoms. The van der Waals surface area contributed by atoms with Crippen molar-refractivity contribution in [1.29, 1.82) is 0 Å². The van der Waals surface area contributed by atoms with Crippen molar-refractivity contribution in [2.45, 2.75) is 6.04 Å². The maximum absolute atomic E-state index is 9.39. The zero-order chi connectivity index (χ0) is 17.1. The molecule has 1 saturated heterocycles. The molecule has 5 N–H and O–H groups in total. The Balaban J connectivity index is 1.90. The number of β-amino-alcohol motifs (C(OH)–C–C–N with tert-alkyl or cyclic N) is 1. The molecule has 128 valence electrons. The summed E-state index contributed by atoms with van der Waals surface area (Å²) in [5.41, 5.74) is 12.7. The molecule has 1 fully saturated rings. The number of nitrogens with zero attached hydrogens (tertiary/aromatic N) is 4. The fourth-order valence-electron chi connectivity index (χ4n) is 3.10. The lowest BCUT2D eigenvalue weighted by Crippen LogP contribution is -2.49. The molecular formula is C16H21BrN6O. The van der Waals surface area contributed by atoms with Gasteiger partial charge in [-0.2, -0.15) is 9.97 Å². The average Bonchev–Trinajstić information content (AvgIpc) is 2.55. The van der Waals surface area contributed by atoms with Crippen molar-refractivity contribution < 1.29 is 5.11 Å². The predicted molar refractivity (Wildman–Crippen MR) is 98.6 cm³/mol. The van der Waals surface area contributed by atoms with Crippen LogP contribution >= 0.6 is 15.9 Å². The Bertz CT molecular complexity index is 692. The lowest BCUT2D eigenvalue weighted by Gasteiger charge is -2.42. The van der Waals surface area contributed by atoms with Gasteiger partial charge in [0, 0.05) is 36.7 Å². The van der Waals surface area contributed by atoms with E-state index in [0.717, 1.165) is 29.9 Å². The van der Waals surface area contributed by atoms with Crippen molar-refractivity contribution >= 4 is 33.5 Å². The van der Waals surface area contributed by atoms with E-state index in [9.17, 15) is 5.11 Å². The fraction of sp³-hybridized carbons (Fsp3) is 0.375. The van der Waals surface area contributed by atoms with E-state index in [1.54, 1.807) is 6.07 Å². The Kier molecular flexibility index (Phi) is 5.17. The van der Waals surface area contributed by atoms with Gasteiger partial charge in [-0.1, -0.05) is 34.1 Å². The SMILES string of the molecule is Nc1cc(N2CCN(CCO)[C@H](c3ccccc3Br)C2)nc(N)n1. The van der Waals surface area contributed by atoms with Crippen LogP contribution in [-0.4, -0.2) is 52.8 Å². The van der Waals surface area contributed by atoms with E-state index >= 15 is 0 Å². The molecule has 8 heteroatoms. The lowest BCUT2D eigenvalue weighted by molar-refractivity contribution is 0.137. The Labute approximate surface area is 149 Å². The number of nitrogen functional groups attached to an aromatic ring is 2. The topological polar surface area (TPSA) is 105 Å². The van der Waals surface area contributed by atoms with E-state index < -0.39 is 0 Å². The van der Waals surface area contributed by atoms with Crippen LogP contribution in [0.15, 0.2) is 34.8 Å². The van der Waals surface area contributed by atoms with E-state index in [0.29, 0.717) is 12.4 Å². The van der Waals surface area contributed by atoms with Crippen molar-refractivity contribution in [3.8, 4) is 0 Å². The fourth-order valence-corrected chi connectivity index (χ4v) is 3.65. The molecule has 0 spiro atoms. The zero-order valence-electron chi connectivity index (χ0n) is 13.3. The van der Waals surface area contributed by atoms with Crippen molar-refractivity contribution in [3.05, 3.63) is 40.4 Å². The number of rotatable bonds is 4. The minimum absolute atomic E-state index is 0.133. The summed E-state index contributed by atoms with van der Waals surface area (Å²) in [5, 5.41) is 9.39. The molecule has 0 bridgehead atoms. The average molecular weight is 393 g/mol. The Hall–Kier alpha value is -1.90. The van der Waals surface area contributed by atoms with E-state index in [-0.39, 0.29) is 18.6 Å². The Morgan fingerprint density at radius 1 is 1.21 bits per heavy atom. The first kappa shape index (κ1) is 16.9. The molecule has 1 atom stereocenters. The molecule has 1 aliphatic heterocycles. The first-order valence-electron chi connectivity index (χ1n) is 7.83. The highest BCUT2D eigenvalue weighted by molar-refractivity contribution is 9.10. The summed E-state index contributed by atoms with van der Waals surface area (Å²) in [6, 6.07) is 10.0. The summed E-state index contributed by atoms with van der Waals surface area (Å²) in [6.07, 6.45) is 0. The first-order valence-corrected chi connectivity index (χ1v) is 8.62. The van der Waals surface area contributed by atoms with Crippen molar-refractivity contribution in [1.82, 2.24) is 14.9 Å². The van der Waals surface area contributed by atoms with Gasteiger partial charge >= 0.3 is 0 Å². The van der Waals surface area contributed by atoms with E-state index in [4.69, 9.17) is 11.5 Å². The van der Waals surface area contributed by atoms with Gasteiger partial charge in [0.2, 0.25) is 5.95 Å². The summed E-state index contributed by atoms with van der Waals surface area (Å²) in [6.45, 7) is 3.11. The van der Waals surface area contributed by atoms with Crippen LogP contribution < -0.4 is 16.4 Å². The van der Waals surface area contributed by atoms with Gasteiger partial charge in [-0.05, 0) is 11.6 Å². The molecule has 0 saturated carbocycles. The molecule has 2 aromatic rings. The second-order valence-electron chi connectivity index (χ2n) is 5.75. The molecule has 1 aromatic carbocycles. The second-order valence-corrected chi connectivity index (χ2v) is 6.61. The first-order chi connectivity index (χ1) is 11.6. The van der Waals surface area contributed by atoms with Crippen LogP contribution in [0.4, 0.5) is 17.6 Å². The Morgan fingerprint density at radius 3 is 2.71 bits per heavy atom. The van der Waals surface area contributed by atoms with Crippen LogP contribution in [0.2, 0.25) is 0 Å². The monoisotopic (exact) mass is 392 g/mol. The van der Waals surface area contributed by atoms with Crippen LogP contribution in [0.5, 0.6) is 0 Å². The highest BCUT2D eigenvalue weighted by Crippen LogP contribution is 2.32. The van der Waals surface area contributed by atoms with Gasteiger partial charge in [0.25, 0.3) is 0 Å². The molecule has 3 rings (SSSR count). The molecule has 2 heterocycles. The molecule has 7 nitrogen and oxygen atoms in total. The van der Waals surface area contributed by atoms with Crippen molar-refractivity contribution in [2.24, 2.45) is 0 Å². The summed E-state index contributed by atoms with van der Waals surface area (Å²) < 4.78 is 1.06. The third-order valence-corrected chi connectivity index (χ3v) is 4.94. The predicted octanol–water partition coefficient (Wildman–Crippen LogP) is 1.26. The van der Waals surface area contributed by atoms with Gasteiger partial charge in [-0.3, -0.25) is 4.90 Å². The number of piperazine rings is 1. The van der Waals surface area contributed by atoms with E-state index in [1.165, 1.54) is 5.56 Å².